The van der Waals surface area contributed by atoms with Gasteiger partial charge in [0.05, 0.1) is 0 Å². The highest BCUT2D eigenvalue weighted by Crippen LogP contribution is 2.26. The van der Waals surface area contributed by atoms with Crippen LogP contribution < -0.4 is 0 Å². The second-order valence-corrected chi connectivity index (χ2v) is 11.1. The normalized spacial score (nSPS) is 11.9. The van der Waals surface area contributed by atoms with Gasteiger partial charge in [-0.1, -0.05) is 115 Å². The lowest BCUT2D eigenvalue weighted by molar-refractivity contribution is 0.458. The number of rotatable bonds is 15. The Bertz CT molecular complexity index is 176. The van der Waals surface area contributed by atoms with E-state index in [9.17, 15) is 0 Å². The molecular weight excluding hydrogens is 279 g/mol. The molecule has 0 unspecified atom stereocenters. The van der Waals surface area contributed by atoms with Crippen LogP contribution in [0.2, 0.25) is 15.8 Å². The van der Waals surface area contributed by atoms with Gasteiger partial charge in [0.15, 0.2) is 0 Å². The van der Waals surface area contributed by atoms with Crippen LogP contribution in [0, 0.1) is 17.8 Å². The highest BCUT2D eigenvalue weighted by Gasteiger charge is 2.20. The van der Waals surface area contributed by atoms with Gasteiger partial charge < -0.3 is 0 Å². The third kappa shape index (κ3) is 10.3. The van der Waals surface area contributed by atoms with Crippen molar-refractivity contribution >= 4 is 14.1 Å². The molecule has 0 aromatic heterocycles. The smallest absolute Gasteiger partial charge is 0.0936 e. The lowest BCUT2D eigenvalue weighted by atomic mass is 10.0. The number of hydrogen-bond donors (Lipinski definition) is 0. The van der Waals surface area contributed by atoms with E-state index in [4.69, 9.17) is 0 Å². The van der Waals surface area contributed by atoms with Crippen LogP contribution in [-0.4, -0.2) is 14.1 Å². The zero-order valence-corrected chi connectivity index (χ0v) is 17.9. The van der Waals surface area contributed by atoms with Gasteiger partial charge in [-0.25, -0.2) is 0 Å². The molecule has 22 heavy (non-hydrogen) atoms. The van der Waals surface area contributed by atoms with Crippen LogP contribution in [0.25, 0.3) is 0 Å². The molecule has 0 aromatic carbocycles. The van der Waals surface area contributed by atoms with Crippen molar-refractivity contribution in [3.05, 3.63) is 0 Å². The van der Waals surface area contributed by atoms with Crippen LogP contribution in [-0.2, 0) is 0 Å². The van der Waals surface area contributed by atoms with Crippen molar-refractivity contribution in [1.29, 1.82) is 0 Å². The van der Waals surface area contributed by atoms with Crippen LogP contribution in [0.5, 0.6) is 0 Å². The van der Waals surface area contributed by atoms with E-state index < -0.39 is 14.1 Å². The molecule has 0 aromatic rings. The molecule has 0 rings (SSSR count). The van der Waals surface area contributed by atoms with Crippen molar-refractivity contribution in [1.82, 2.24) is 0 Å². The van der Waals surface area contributed by atoms with Crippen molar-refractivity contribution in [2.45, 2.75) is 115 Å². The molecule has 0 aliphatic carbocycles. The average molecular weight is 325 g/mol. The summed E-state index contributed by atoms with van der Waals surface area (Å²) < 4.78 is 0. The van der Waals surface area contributed by atoms with Crippen LogP contribution >= 0.6 is 0 Å². The summed E-state index contributed by atoms with van der Waals surface area (Å²) in [5, 5.41) is 4.89. The van der Waals surface area contributed by atoms with E-state index in [-0.39, 0.29) is 0 Å². The monoisotopic (exact) mass is 324 g/mol. The molecule has 0 spiro atoms. The van der Waals surface area contributed by atoms with Gasteiger partial charge in [-0.3, -0.25) is 0 Å². The lowest BCUT2D eigenvalue weighted by Crippen LogP contribution is -2.17. The largest absolute Gasteiger partial charge is 0.261 e. The molecule has 0 atom stereocenters. The van der Waals surface area contributed by atoms with Crippen molar-refractivity contribution in [2.75, 3.05) is 0 Å². The quantitative estimate of drug-likeness (QED) is 0.268. The topological polar surface area (TPSA) is 0 Å². The Hall–Kier alpha value is 0.532. The zero-order valence-electron chi connectivity index (χ0n) is 16.8. The first kappa shape index (κ1) is 22.5. The molecule has 0 bridgehead atoms. The van der Waals surface area contributed by atoms with E-state index in [0.717, 1.165) is 17.8 Å². The van der Waals surface area contributed by atoms with Gasteiger partial charge >= 0.3 is 0 Å². The Morgan fingerprint density at radius 1 is 0.455 bits per heavy atom. The van der Waals surface area contributed by atoms with Gasteiger partial charge in [0.25, 0.3) is 14.1 Å². The van der Waals surface area contributed by atoms with Crippen LogP contribution in [0.3, 0.4) is 0 Å². The van der Waals surface area contributed by atoms with Crippen LogP contribution in [0.4, 0.5) is 0 Å². The summed E-state index contributed by atoms with van der Waals surface area (Å²) in [6.45, 7) is 14.3. The summed E-state index contributed by atoms with van der Waals surface area (Å²) >= 11 is -0.486. The summed E-state index contributed by atoms with van der Waals surface area (Å²) in [5.74, 6) is 3.03. The van der Waals surface area contributed by atoms with E-state index in [1.807, 2.05) is 0 Å². The maximum Gasteiger partial charge on any atom is 0.261 e. The Balaban J connectivity index is 4.34. The molecule has 132 valence electrons. The Labute approximate surface area is 147 Å². The van der Waals surface area contributed by atoms with Crippen LogP contribution in [0.15, 0.2) is 0 Å². The summed E-state index contributed by atoms with van der Waals surface area (Å²) in [5.41, 5.74) is 0. The molecule has 0 fully saturated rings. The highest BCUT2D eigenvalue weighted by molar-refractivity contribution is 6.58. The minimum Gasteiger partial charge on any atom is -0.0936 e. The molecule has 0 amide bonds. The lowest BCUT2D eigenvalue weighted by Gasteiger charge is -2.20. The standard InChI is InChI=1S/3C7H15.Al/c3*1-4-7(5-2)6-3;/h3*7H,1,4-6H2,2-3H3;. The van der Waals surface area contributed by atoms with Crippen molar-refractivity contribution in [2.24, 2.45) is 17.8 Å². The molecule has 0 saturated heterocycles. The fraction of sp³-hybridized carbons (Fsp3) is 1.00. The van der Waals surface area contributed by atoms with Crippen molar-refractivity contribution in [3.8, 4) is 0 Å². The predicted octanol–water partition coefficient (Wildman–Crippen LogP) is 7.96. The van der Waals surface area contributed by atoms with Crippen LogP contribution in [0.1, 0.15) is 99.3 Å². The minimum absolute atomic E-state index is 0.486. The molecule has 1 heteroatoms. The minimum atomic E-state index is -0.486. The Morgan fingerprint density at radius 2 is 0.682 bits per heavy atom. The fourth-order valence-corrected chi connectivity index (χ4v) is 7.63. The molecule has 0 nitrogen and oxygen atoms in total. The Kier molecular flexibility index (Phi) is 15.4. The second kappa shape index (κ2) is 15.1. The molecular formula is C21H45Al. The molecule has 0 heterocycles. The average Bonchev–Trinajstić information content (AvgIpc) is 2.56. The van der Waals surface area contributed by atoms with Gasteiger partial charge in [0.1, 0.15) is 0 Å². The van der Waals surface area contributed by atoms with E-state index in [1.165, 1.54) is 57.8 Å². The summed E-state index contributed by atoms with van der Waals surface area (Å²) in [4.78, 5) is 0. The first-order chi connectivity index (χ1) is 10.6. The van der Waals surface area contributed by atoms with Gasteiger partial charge in [-0.05, 0) is 17.8 Å². The SMILES string of the molecule is CCC(CC)C[CH2][Al]([CH2]CC(CC)CC)[CH2]CC(CC)CC. The zero-order chi connectivity index (χ0) is 16.8. The Morgan fingerprint density at radius 3 is 0.864 bits per heavy atom. The molecule has 0 N–H and O–H groups in total. The van der Waals surface area contributed by atoms with E-state index in [2.05, 4.69) is 41.5 Å². The third-order valence-corrected chi connectivity index (χ3v) is 9.86. The van der Waals surface area contributed by atoms with Crippen molar-refractivity contribution in [3.63, 3.8) is 0 Å². The first-order valence-corrected chi connectivity index (χ1v) is 13.1. The van der Waals surface area contributed by atoms with Gasteiger partial charge in [-0.15, -0.1) is 0 Å². The first-order valence-electron chi connectivity index (χ1n) is 10.6. The molecule has 0 aliphatic heterocycles. The number of hydrogen-bond acceptors (Lipinski definition) is 0. The van der Waals surface area contributed by atoms with Gasteiger partial charge in [-0.2, -0.15) is 0 Å². The summed E-state index contributed by atoms with van der Waals surface area (Å²) in [7, 11) is 0. The third-order valence-electron chi connectivity index (χ3n) is 6.41. The van der Waals surface area contributed by atoms with E-state index in [0.29, 0.717) is 0 Å². The van der Waals surface area contributed by atoms with Gasteiger partial charge in [0.2, 0.25) is 0 Å². The maximum atomic E-state index is 2.39. The predicted molar refractivity (Wildman–Crippen MR) is 106 cm³/mol. The summed E-state index contributed by atoms with van der Waals surface area (Å²) in [6, 6.07) is 0. The maximum absolute atomic E-state index is 2.39. The van der Waals surface area contributed by atoms with E-state index in [1.54, 1.807) is 15.8 Å². The van der Waals surface area contributed by atoms with E-state index >= 15 is 0 Å². The van der Waals surface area contributed by atoms with Gasteiger partial charge in [0, 0.05) is 0 Å². The molecule has 0 aliphatic rings. The highest BCUT2D eigenvalue weighted by atomic mass is 27.2. The summed E-state index contributed by atoms with van der Waals surface area (Å²) in [6.07, 6.45) is 13.0. The second-order valence-electron chi connectivity index (χ2n) is 7.65. The van der Waals surface area contributed by atoms with Crippen molar-refractivity contribution < 1.29 is 0 Å². The molecule has 0 saturated carbocycles. The molecule has 0 radical (unpaired) electrons. The fourth-order valence-electron chi connectivity index (χ4n) is 3.94.